The van der Waals surface area contributed by atoms with Gasteiger partial charge in [-0.2, -0.15) is 0 Å². The molecule has 124 valence electrons. The molecule has 0 bridgehead atoms. The quantitative estimate of drug-likeness (QED) is 0.872. The molecular formula is C18H16FNO3S. The van der Waals surface area contributed by atoms with Gasteiger partial charge in [0.2, 0.25) is 5.91 Å². The number of carboxylic acid groups (broad SMARTS) is 1. The Morgan fingerprint density at radius 3 is 2.62 bits per heavy atom. The number of hydrogen-bond acceptors (Lipinski definition) is 3. The highest BCUT2D eigenvalue weighted by Gasteiger charge is 2.30. The van der Waals surface area contributed by atoms with Gasteiger partial charge in [-0.3, -0.25) is 9.59 Å². The van der Waals surface area contributed by atoms with Crippen LogP contribution in [-0.4, -0.2) is 22.7 Å². The van der Waals surface area contributed by atoms with Crippen molar-refractivity contribution in [2.45, 2.75) is 23.3 Å². The van der Waals surface area contributed by atoms with Crippen molar-refractivity contribution in [1.82, 2.24) is 5.32 Å². The summed E-state index contributed by atoms with van der Waals surface area (Å²) in [6.07, 6.45) is -0.251. The van der Waals surface area contributed by atoms with Crippen molar-refractivity contribution in [3.63, 3.8) is 0 Å². The van der Waals surface area contributed by atoms with Gasteiger partial charge in [0.1, 0.15) is 5.82 Å². The topological polar surface area (TPSA) is 66.4 Å². The van der Waals surface area contributed by atoms with Crippen molar-refractivity contribution in [1.29, 1.82) is 0 Å². The van der Waals surface area contributed by atoms with Crippen molar-refractivity contribution in [2.24, 2.45) is 0 Å². The molecule has 0 spiro atoms. The molecule has 1 amide bonds. The van der Waals surface area contributed by atoms with Crippen LogP contribution in [0.1, 0.15) is 29.5 Å². The maximum Gasteiger partial charge on any atom is 0.305 e. The minimum absolute atomic E-state index is 0.206. The van der Waals surface area contributed by atoms with Gasteiger partial charge in [-0.1, -0.05) is 30.3 Å². The van der Waals surface area contributed by atoms with Gasteiger partial charge in [-0.15, -0.1) is 11.8 Å². The predicted molar refractivity (Wildman–Crippen MR) is 89.4 cm³/mol. The number of fused-ring (bicyclic) bond motifs is 1. The van der Waals surface area contributed by atoms with E-state index < -0.39 is 17.8 Å². The smallest absolute Gasteiger partial charge is 0.305 e. The molecule has 6 heteroatoms. The first-order valence-corrected chi connectivity index (χ1v) is 8.52. The van der Waals surface area contributed by atoms with Gasteiger partial charge >= 0.3 is 5.97 Å². The third-order valence-corrected chi connectivity index (χ3v) is 5.17. The highest BCUT2D eigenvalue weighted by atomic mass is 32.2. The van der Waals surface area contributed by atoms with E-state index in [9.17, 15) is 14.0 Å². The fourth-order valence-electron chi connectivity index (χ4n) is 2.77. The Morgan fingerprint density at radius 1 is 1.21 bits per heavy atom. The second-order valence-corrected chi connectivity index (χ2v) is 6.67. The Labute approximate surface area is 143 Å². The molecule has 0 unspecified atom stereocenters. The second kappa shape index (κ2) is 7.05. The molecule has 0 aromatic heterocycles. The number of hydrogen-bond donors (Lipinski definition) is 2. The summed E-state index contributed by atoms with van der Waals surface area (Å²) in [5.74, 6) is -1.30. The summed E-state index contributed by atoms with van der Waals surface area (Å²) in [7, 11) is 0. The van der Waals surface area contributed by atoms with Crippen molar-refractivity contribution in [2.75, 3.05) is 5.75 Å². The summed E-state index contributed by atoms with van der Waals surface area (Å²) in [6.45, 7) is 0. The maximum atomic E-state index is 13.1. The summed E-state index contributed by atoms with van der Waals surface area (Å²) >= 11 is 1.62. The minimum atomic E-state index is -1.02. The third-order valence-electron chi connectivity index (χ3n) is 3.98. The third kappa shape index (κ3) is 3.59. The molecular weight excluding hydrogens is 329 g/mol. The standard InChI is InChI=1S/C18H16FNO3S/c19-12-7-5-11(6-8-12)15(9-17(21)22)20-18(23)14-10-24-16-4-2-1-3-13(14)16/h1-8,14-15H,9-10H2,(H,20,23)(H,21,22)/t14-,15-/m0/s1. The molecule has 0 fully saturated rings. The van der Waals surface area contributed by atoms with Gasteiger partial charge in [0.05, 0.1) is 18.4 Å². The van der Waals surface area contributed by atoms with E-state index in [0.717, 1.165) is 10.5 Å². The molecule has 2 aromatic rings. The van der Waals surface area contributed by atoms with Gasteiger partial charge in [0.25, 0.3) is 0 Å². The second-order valence-electron chi connectivity index (χ2n) is 5.61. The molecule has 3 rings (SSSR count). The Kier molecular flexibility index (Phi) is 4.85. The van der Waals surface area contributed by atoms with Crippen LogP contribution in [0.4, 0.5) is 4.39 Å². The summed E-state index contributed by atoms with van der Waals surface area (Å²) < 4.78 is 13.1. The Bertz CT molecular complexity index is 763. The zero-order chi connectivity index (χ0) is 17.1. The number of aliphatic carboxylic acids is 1. The molecule has 2 atom stereocenters. The summed E-state index contributed by atoms with van der Waals surface area (Å²) in [4.78, 5) is 24.8. The van der Waals surface area contributed by atoms with E-state index in [-0.39, 0.29) is 18.2 Å². The van der Waals surface area contributed by atoms with E-state index >= 15 is 0 Å². The van der Waals surface area contributed by atoms with Crippen LogP contribution in [0.15, 0.2) is 53.4 Å². The van der Waals surface area contributed by atoms with Crippen molar-refractivity contribution in [3.8, 4) is 0 Å². The summed E-state index contributed by atoms with van der Waals surface area (Å²) in [5.41, 5.74) is 1.54. The number of halogens is 1. The van der Waals surface area contributed by atoms with E-state index in [1.54, 1.807) is 11.8 Å². The van der Waals surface area contributed by atoms with Gasteiger partial charge in [-0.05, 0) is 29.3 Å². The van der Waals surface area contributed by atoms with Crippen LogP contribution in [0.5, 0.6) is 0 Å². The number of rotatable bonds is 5. The molecule has 1 aliphatic heterocycles. The molecule has 24 heavy (non-hydrogen) atoms. The number of thioether (sulfide) groups is 1. The van der Waals surface area contributed by atoms with E-state index in [4.69, 9.17) is 5.11 Å². The molecule has 0 radical (unpaired) electrons. The van der Waals surface area contributed by atoms with E-state index in [1.807, 2.05) is 24.3 Å². The first kappa shape index (κ1) is 16.5. The first-order valence-electron chi connectivity index (χ1n) is 7.54. The fraction of sp³-hybridized carbons (Fsp3) is 0.222. The van der Waals surface area contributed by atoms with E-state index in [2.05, 4.69) is 5.32 Å². The zero-order valence-electron chi connectivity index (χ0n) is 12.7. The Morgan fingerprint density at radius 2 is 1.92 bits per heavy atom. The van der Waals surface area contributed by atoms with Crippen LogP contribution in [0.2, 0.25) is 0 Å². The monoisotopic (exact) mass is 345 g/mol. The predicted octanol–water partition coefficient (Wildman–Crippen LogP) is 3.35. The normalized spacial score (nSPS) is 17.1. The van der Waals surface area contributed by atoms with E-state index in [0.29, 0.717) is 11.3 Å². The minimum Gasteiger partial charge on any atom is -0.481 e. The molecule has 0 saturated heterocycles. The largest absolute Gasteiger partial charge is 0.481 e. The number of carbonyl (C=O) groups is 2. The lowest BCUT2D eigenvalue weighted by Crippen LogP contribution is -2.34. The lowest BCUT2D eigenvalue weighted by atomic mass is 9.98. The Hall–Kier alpha value is -2.34. The lowest BCUT2D eigenvalue weighted by Gasteiger charge is -2.20. The van der Waals surface area contributed by atoms with Crippen molar-refractivity contribution >= 4 is 23.6 Å². The van der Waals surface area contributed by atoms with Crippen LogP contribution in [0.3, 0.4) is 0 Å². The first-order chi connectivity index (χ1) is 11.5. The van der Waals surface area contributed by atoms with Crippen LogP contribution < -0.4 is 5.32 Å². The van der Waals surface area contributed by atoms with Crippen LogP contribution in [0.25, 0.3) is 0 Å². The molecule has 2 N–H and O–H groups in total. The maximum absolute atomic E-state index is 13.1. The van der Waals surface area contributed by atoms with Crippen molar-refractivity contribution < 1.29 is 19.1 Å². The van der Waals surface area contributed by atoms with Gasteiger partial charge in [0.15, 0.2) is 0 Å². The highest BCUT2D eigenvalue weighted by molar-refractivity contribution is 7.99. The lowest BCUT2D eigenvalue weighted by molar-refractivity contribution is -0.137. The van der Waals surface area contributed by atoms with Gasteiger partial charge in [0, 0.05) is 10.6 Å². The number of carboxylic acids is 1. The zero-order valence-corrected chi connectivity index (χ0v) is 13.6. The number of amides is 1. The molecule has 4 nitrogen and oxygen atoms in total. The Balaban J connectivity index is 1.79. The molecule has 0 saturated carbocycles. The van der Waals surface area contributed by atoms with Crippen LogP contribution in [0, 0.1) is 5.82 Å². The SMILES string of the molecule is O=C(O)C[C@H](NC(=O)[C@H]1CSc2ccccc21)c1ccc(F)cc1. The molecule has 1 heterocycles. The number of nitrogens with one attached hydrogen (secondary N) is 1. The van der Waals surface area contributed by atoms with Crippen molar-refractivity contribution in [3.05, 3.63) is 65.5 Å². The fourth-order valence-corrected chi connectivity index (χ4v) is 4.00. The summed E-state index contributed by atoms with van der Waals surface area (Å²) in [6, 6.07) is 12.5. The van der Waals surface area contributed by atoms with E-state index in [1.165, 1.54) is 24.3 Å². The average molecular weight is 345 g/mol. The van der Waals surface area contributed by atoms with Crippen LogP contribution >= 0.6 is 11.8 Å². The molecule has 1 aliphatic rings. The van der Waals surface area contributed by atoms with Gasteiger partial charge in [-0.25, -0.2) is 4.39 Å². The summed E-state index contributed by atoms with van der Waals surface area (Å²) in [5, 5.41) is 11.9. The van der Waals surface area contributed by atoms with Crippen LogP contribution in [-0.2, 0) is 9.59 Å². The number of benzene rings is 2. The molecule has 2 aromatic carbocycles. The average Bonchev–Trinajstić information content (AvgIpc) is 2.98. The molecule has 0 aliphatic carbocycles. The number of carbonyl (C=O) groups excluding carboxylic acids is 1. The highest BCUT2D eigenvalue weighted by Crippen LogP contribution is 2.39. The van der Waals surface area contributed by atoms with Gasteiger partial charge < -0.3 is 10.4 Å².